The molecule has 0 heterocycles. The minimum Gasteiger partial charge on any atom is -0.468 e. The Kier molecular flexibility index (Phi) is 4.95. The van der Waals surface area contributed by atoms with Crippen LogP contribution in [0, 0.1) is 11.3 Å². The van der Waals surface area contributed by atoms with Crippen LogP contribution < -0.4 is 0 Å². The van der Waals surface area contributed by atoms with Crippen LogP contribution in [0.1, 0.15) is 40.5 Å². The van der Waals surface area contributed by atoms with E-state index in [9.17, 15) is 4.79 Å². The Labute approximate surface area is 75.3 Å². The van der Waals surface area contributed by atoms with Gasteiger partial charge in [-0.1, -0.05) is 34.1 Å². The highest BCUT2D eigenvalue weighted by Crippen LogP contribution is 2.28. The van der Waals surface area contributed by atoms with E-state index in [-0.39, 0.29) is 0 Å². The van der Waals surface area contributed by atoms with Gasteiger partial charge in [0.2, 0.25) is 0 Å². The summed E-state index contributed by atoms with van der Waals surface area (Å²) >= 11 is 0. The van der Waals surface area contributed by atoms with Gasteiger partial charge < -0.3 is 4.74 Å². The molecule has 12 heavy (non-hydrogen) atoms. The Morgan fingerprint density at radius 2 is 2.08 bits per heavy atom. The number of hydrogen-bond donors (Lipinski definition) is 0. The topological polar surface area (TPSA) is 26.3 Å². The quantitative estimate of drug-likeness (QED) is 0.576. The van der Waals surface area contributed by atoms with E-state index in [2.05, 4.69) is 27.7 Å². The fraction of sp³-hybridized carbons (Fsp3) is 0.900. The van der Waals surface area contributed by atoms with Crippen LogP contribution in [-0.2, 0) is 9.53 Å². The fourth-order valence-electron chi connectivity index (χ4n) is 1.35. The minimum atomic E-state index is 0.367. The lowest BCUT2D eigenvalue weighted by atomic mass is 9.81. The number of carbonyl (C=O) groups is 1. The molecule has 0 aromatic carbocycles. The minimum absolute atomic E-state index is 0.367. The molecule has 0 N–H and O–H groups in total. The van der Waals surface area contributed by atoms with Crippen LogP contribution in [0.25, 0.3) is 0 Å². The van der Waals surface area contributed by atoms with Crippen LogP contribution in [0.15, 0.2) is 0 Å². The molecule has 0 aromatic rings. The lowest BCUT2D eigenvalue weighted by molar-refractivity contribution is -0.130. The monoisotopic (exact) mass is 172 g/mol. The Balaban J connectivity index is 3.67. The largest absolute Gasteiger partial charge is 0.468 e. The van der Waals surface area contributed by atoms with Crippen LogP contribution >= 0.6 is 0 Å². The average molecular weight is 172 g/mol. The molecule has 0 fully saturated rings. The van der Waals surface area contributed by atoms with Gasteiger partial charge in [-0.05, 0) is 17.8 Å². The van der Waals surface area contributed by atoms with Crippen molar-refractivity contribution in [1.82, 2.24) is 0 Å². The van der Waals surface area contributed by atoms with Crippen molar-refractivity contribution in [2.45, 2.75) is 40.5 Å². The maximum atomic E-state index is 9.92. The maximum absolute atomic E-state index is 9.92. The molecular formula is C10H20O2. The number of ether oxygens (including phenoxy) is 1. The van der Waals surface area contributed by atoms with Crippen molar-refractivity contribution in [3.8, 4) is 0 Å². The molecule has 2 nitrogen and oxygen atoms in total. The van der Waals surface area contributed by atoms with E-state index in [1.54, 1.807) is 0 Å². The first-order valence-electron chi connectivity index (χ1n) is 4.57. The van der Waals surface area contributed by atoms with E-state index in [0.29, 0.717) is 24.4 Å². The third-order valence-electron chi connectivity index (χ3n) is 2.31. The highest BCUT2D eigenvalue weighted by molar-refractivity contribution is 5.36. The lowest BCUT2D eigenvalue weighted by Crippen LogP contribution is -2.17. The maximum Gasteiger partial charge on any atom is 0.293 e. The average Bonchev–Trinajstić information content (AvgIpc) is 2.00. The summed E-state index contributed by atoms with van der Waals surface area (Å²) in [5.74, 6) is 0.463. The first-order chi connectivity index (χ1) is 5.52. The molecule has 0 saturated heterocycles. The molecule has 0 spiro atoms. The SMILES string of the molecule is CCC(C)(C)CC(C)COC=O. The molecular weight excluding hydrogens is 152 g/mol. The summed E-state index contributed by atoms with van der Waals surface area (Å²) in [6.07, 6.45) is 2.27. The molecule has 0 aliphatic rings. The summed E-state index contributed by atoms with van der Waals surface area (Å²) in [6.45, 7) is 9.85. The zero-order valence-corrected chi connectivity index (χ0v) is 8.59. The molecule has 0 radical (unpaired) electrons. The van der Waals surface area contributed by atoms with Gasteiger partial charge in [0.05, 0.1) is 6.61 Å². The smallest absolute Gasteiger partial charge is 0.293 e. The zero-order chi connectivity index (χ0) is 9.61. The van der Waals surface area contributed by atoms with Gasteiger partial charge in [-0.3, -0.25) is 4.79 Å². The molecule has 0 aliphatic heterocycles. The van der Waals surface area contributed by atoms with Gasteiger partial charge in [-0.2, -0.15) is 0 Å². The molecule has 0 amide bonds. The fourth-order valence-corrected chi connectivity index (χ4v) is 1.35. The van der Waals surface area contributed by atoms with E-state index in [1.807, 2.05) is 0 Å². The van der Waals surface area contributed by atoms with E-state index >= 15 is 0 Å². The van der Waals surface area contributed by atoms with Crippen molar-refractivity contribution in [3.63, 3.8) is 0 Å². The van der Waals surface area contributed by atoms with Gasteiger partial charge in [0.25, 0.3) is 6.47 Å². The molecule has 2 heteroatoms. The summed E-state index contributed by atoms with van der Waals surface area (Å²) < 4.78 is 4.71. The standard InChI is InChI=1S/C10H20O2/c1-5-10(3,4)6-9(2)7-12-8-11/h8-9H,5-7H2,1-4H3. The Morgan fingerprint density at radius 1 is 1.50 bits per heavy atom. The van der Waals surface area contributed by atoms with Crippen molar-refractivity contribution in [2.24, 2.45) is 11.3 Å². The molecule has 0 aliphatic carbocycles. The number of hydrogen-bond acceptors (Lipinski definition) is 2. The van der Waals surface area contributed by atoms with Crippen LogP contribution in [0.2, 0.25) is 0 Å². The molecule has 1 unspecified atom stereocenters. The molecule has 0 bridgehead atoms. The third kappa shape index (κ3) is 5.16. The lowest BCUT2D eigenvalue weighted by Gasteiger charge is -2.25. The second-order valence-corrected chi connectivity index (χ2v) is 4.26. The second kappa shape index (κ2) is 5.18. The van der Waals surface area contributed by atoms with E-state index in [1.165, 1.54) is 6.42 Å². The van der Waals surface area contributed by atoms with Crippen molar-refractivity contribution < 1.29 is 9.53 Å². The molecule has 0 rings (SSSR count). The molecule has 0 saturated carbocycles. The number of rotatable bonds is 6. The van der Waals surface area contributed by atoms with Gasteiger partial charge in [-0.25, -0.2) is 0 Å². The van der Waals surface area contributed by atoms with Gasteiger partial charge >= 0.3 is 0 Å². The summed E-state index contributed by atoms with van der Waals surface area (Å²) in [5.41, 5.74) is 0.367. The summed E-state index contributed by atoms with van der Waals surface area (Å²) in [4.78, 5) is 9.92. The molecule has 0 aromatic heterocycles. The Morgan fingerprint density at radius 3 is 2.50 bits per heavy atom. The summed E-state index contributed by atoms with van der Waals surface area (Å²) in [6, 6.07) is 0. The van der Waals surface area contributed by atoms with Gasteiger partial charge in [-0.15, -0.1) is 0 Å². The predicted octanol–water partition coefficient (Wildman–Crippen LogP) is 2.62. The van der Waals surface area contributed by atoms with Crippen LogP contribution in [0.4, 0.5) is 0 Å². The summed E-state index contributed by atoms with van der Waals surface area (Å²) in [5, 5.41) is 0. The second-order valence-electron chi connectivity index (χ2n) is 4.26. The van der Waals surface area contributed by atoms with E-state index in [0.717, 1.165) is 6.42 Å². The van der Waals surface area contributed by atoms with E-state index < -0.39 is 0 Å². The molecule has 72 valence electrons. The number of carbonyl (C=O) groups excluding carboxylic acids is 1. The Bertz CT molecular complexity index is 130. The third-order valence-corrected chi connectivity index (χ3v) is 2.31. The normalized spacial score (nSPS) is 14.0. The highest BCUT2D eigenvalue weighted by Gasteiger charge is 2.18. The zero-order valence-electron chi connectivity index (χ0n) is 8.59. The first-order valence-corrected chi connectivity index (χ1v) is 4.57. The van der Waals surface area contributed by atoms with Crippen molar-refractivity contribution in [3.05, 3.63) is 0 Å². The van der Waals surface area contributed by atoms with E-state index in [4.69, 9.17) is 4.74 Å². The van der Waals surface area contributed by atoms with Crippen LogP contribution in [0.5, 0.6) is 0 Å². The Hall–Kier alpha value is -0.530. The van der Waals surface area contributed by atoms with Gasteiger partial charge in [0.15, 0.2) is 0 Å². The first kappa shape index (κ1) is 11.5. The molecule has 1 atom stereocenters. The van der Waals surface area contributed by atoms with Crippen molar-refractivity contribution >= 4 is 6.47 Å². The predicted molar refractivity (Wildman–Crippen MR) is 49.9 cm³/mol. The highest BCUT2D eigenvalue weighted by atomic mass is 16.5. The van der Waals surface area contributed by atoms with Crippen LogP contribution in [0.3, 0.4) is 0 Å². The summed E-state index contributed by atoms with van der Waals surface area (Å²) in [7, 11) is 0. The van der Waals surface area contributed by atoms with Crippen LogP contribution in [-0.4, -0.2) is 13.1 Å². The van der Waals surface area contributed by atoms with Crippen molar-refractivity contribution in [1.29, 1.82) is 0 Å². The van der Waals surface area contributed by atoms with Gasteiger partial charge in [0, 0.05) is 0 Å². The van der Waals surface area contributed by atoms with Crippen molar-refractivity contribution in [2.75, 3.05) is 6.61 Å². The van der Waals surface area contributed by atoms with Gasteiger partial charge in [0.1, 0.15) is 0 Å².